The summed E-state index contributed by atoms with van der Waals surface area (Å²) in [6.45, 7) is 0. The lowest BCUT2D eigenvalue weighted by atomic mass is 10.0. The molecule has 4 aromatic rings. The summed E-state index contributed by atoms with van der Waals surface area (Å²) in [6.07, 6.45) is 3.61. The molecule has 0 bridgehead atoms. The van der Waals surface area contributed by atoms with Crippen molar-refractivity contribution in [1.29, 1.82) is 0 Å². The molecule has 0 saturated carbocycles. The number of aromatic nitrogens is 2. The average Bonchev–Trinajstić information content (AvgIpc) is 3.32. The molecule has 120 valence electrons. The summed E-state index contributed by atoms with van der Waals surface area (Å²) in [5, 5.41) is 7.99. The van der Waals surface area contributed by atoms with Crippen LogP contribution in [0.2, 0.25) is 0 Å². The fraction of sp³-hybridized carbons (Fsp3) is 0.111. The second-order valence-corrected chi connectivity index (χ2v) is 6.92. The third-order valence-corrected chi connectivity index (χ3v) is 5.42. The summed E-state index contributed by atoms with van der Waals surface area (Å²) in [7, 11) is 3.36. The molecule has 0 aliphatic carbocycles. The van der Waals surface area contributed by atoms with Crippen LogP contribution in [0.1, 0.15) is 0 Å². The van der Waals surface area contributed by atoms with Crippen LogP contribution in [0.15, 0.2) is 47.4 Å². The Balaban J connectivity index is 1.98. The highest BCUT2D eigenvalue weighted by Crippen LogP contribution is 2.40. The SMILES string of the molecule is COc1cc2cc(OC)c(-c3nccs3)cc2cc1-c1nccs1. The highest BCUT2D eigenvalue weighted by Gasteiger charge is 2.14. The molecule has 0 spiro atoms. The largest absolute Gasteiger partial charge is 0.496 e. The Morgan fingerprint density at radius 3 is 1.54 bits per heavy atom. The van der Waals surface area contributed by atoms with E-state index in [-0.39, 0.29) is 0 Å². The van der Waals surface area contributed by atoms with E-state index in [1.54, 1.807) is 49.3 Å². The van der Waals surface area contributed by atoms with Crippen LogP contribution in [0.5, 0.6) is 11.5 Å². The number of thiazole rings is 2. The van der Waals surface area contributed by atoms with Gasteiger partial charge in [-0.15, -0.1) is 22.7 Å². The van der Waals surface area contributed by atoms with E-state index in [0.29, 0.717) is 0 Å². The quantitative estimate of drug-likeness (QED) is 0.511. The number of nitrogens with zero attached hydrogens (tertiary/aromatic N) is 2. The topological polar surface area (TPSA) is 44.2 Å². The maximum absolute atomic E-state index is 5.57. The molecule has 2 aromatic heterocycles. The molecule has 0 aliphatic rings. The Hall–Kier alpha value is -2.44. The van der Waals surface area contributed by atoms with Gasteiger partial charge in [0.1, 0.15) is 21.5 Å². The minimum absolute atomic E-state index is 0.807. The Bertz CT molecular complexity index is 903. The van der Waals surface area contributed by atoms with Crippen molar-refractivity contribution in [3.8, 4) is 32.6 Å². The van der Waals surface area contributed by atoms with E-state index in [1.165, 1.54) is 0 Å². The third-order valence-electron chi connectivity index (χ3n) is 3.80. The molecular formula is C18H14N2O2S2. The summed E-state index contributed by atoms with van der Waals surface area (Å²) in [6, 6.07) is 8.29. The number of benzene rings is 2. The summed E-state index contributed by atoms with van der Waals surface area (Å²) in [5.74, 6) is 1.61. The molecule has 0 radical (unpaired) electrons. The van der Waals surface area contributed by atoms with Crippen LogP contribution in [0.25, 0.3) is 31.9 Å². The minimum Gasteiger partial charge on any atom is -0.496 e. The van der Waals surface area contributed by atoms with Gasteiger partial charge < -0.3 is 9.47 Å². The number of rotatable bonds is 4. The molecule has 0 saturated heterocycles. The smallest absolute Gasteiger partial charge is 0.129 e. The summed E-state index contributed by atoms with van der Waals surface area (Å²) >= 11 is 3.20. The van der Waals surface area contributed by atoms with Crippen molar-refractivity contribution in [3.05, 3.63) is 47.4 Å². The maximum atomic E-state index is 5.57. The molecule has 0 unspecified atom stereocenters. The third kappa shape index (κ3) is 2.53. The lowest BCUT2D eigenvalue weighted by molar-refractivity contribution is 0.415. The van der Waals surface area contributed by atoms with Gasteiger partial charge in [-0.1, -0.05) is 0 Å². The second kappa shape index (κ2) is 6.22. The first kappa shape index (κ1) is 15.1. The lowest BCUT2D eigenvalue weighted by Gasteiger charge is -2.12. The van der Waals surface area contributed by atoms with Crippen molar-refractivity contribution in [2.75, 3.05) is 14.2 Å². The second-order valence-electron chi connectivity index (χ2n) is 5.13. The van der Waals surface area contributed by atoms with Gasteiger partial charge in [0, 0.05) is 23.2 Å². The van der Waals surface area contributed by atoms with Gasteiger partial charge in [-0.2, -0.15) is 0 Å². The number of methoxy groups -OCH3 is 2. The number of ether oxygens (including phenoxy) is 2. The van der Waals surface area contributed by atoms with Crippen LogP contribution in [-0.2, 0) is 0 Å². The molecule has 2 heterocycles. The van der Waals surface area contributed by atoms with E-state index in [4.69, 9.17) is 9.47 Å². The van der Waals surface area contributed by atoms with Gasteiger partial charge in [0.15, 0.2) is 0 Å². The van der Waals surface area contributed by atoms with Gasteiger partial charge in [0.25, 0.3) is 0 Å². The fourth-order valence-corrected chi connectivity index (χ4v) is 4.01. The zero-order valence-electron chi connectivity index (χ0n) is 13.1. The zero-order valence-corrected chi connectivity index (χ0v) is 14.8. The molecule has 4 rings (SSSR count). The molecule has 2 aromatic carbocycles. The van der Waals surface area contributed by atoms with Crippen LogP contribution in [0.4, 0.5) is 0 Å². The monoisotopic (exact) mass is 354 g/mol. The summed E-state index contributed by atoms with van der Waals surface area (Å²) in [5.41, 5.74) is 1.99. The Labute approximate surface area is 147 Å². The van der Waals surface area contributed by atoms with Crippen LogP contribution >= 0.6 is 22.7 Å². The first-order valence-electron chi connectivity index (χ1n) is 7.29. The van der Waals surface area contributed by atoms with Crippen molar-refractivity contribution >= 4 is 33.4 Å². The fourth-order valence-electron chi connectivity index (χ4n) is 2.69. The van der Waals surface area contributed by atoms with Gasteiger partial charge >= 0.3 is 0 Å². The molecule has 0 amide bonds. The predicted octanol–water partition coefficient (Wildman–Crippen LogP) is 5.10. The molecule has 0 fully saturated rings. The van der Waals surface area contributed by atoms with Crippen LogP contribution < -0.4 is 9.47 Å². The minimum atomic E-state index is 0.807. The van der Waals surface area contributed by atoms with Gasteiger partial charge in [-0.3, -0.25) is 0 Å². The highest BCUT2D eigenvalue weighted by molar-refractivity contribution is 7.13. The molecule has 4 nitrogen and oxygen atoms in total. The highest BCUT2D eigenvalue weighted by atomic mass is 32.1. The van der Waals surface area contributed by atoms with E-state index in [9.17, 15) is 0 Å². The van der Waals surface area contributed by atoms with E-state index >= 15 is 0 Å². The number of hydrogen-bond acceptors (Lipinski definition) is 6. The number of hydrogen-bond donors (Lipinski definition) is 0. The first-order chi connectivity index (χ1) is 11.8. The lowest BCUT2D eigenvalue weighted by Crippen LogP contribution is -1.91. The van der Waals surface area contributed by atoms with Crippen LogP contribution in [0.3, 0.4) is 0 Å². The molecule has 0 atom stereocenters. The van der Waals surface area contributed by atoms with E-state index < -0.39 is 0 Å². The summed E-state index contributed by atoms with van der Waals surface area (Å²) in [4.78, 5) is 8.82. The average molecular weight is 354 g/mol. The van der Waals surface area contributed by atoms with Crippen molar-refractivity contribution < 1.29 is 9.47 Å². The Morgan fingerprint density at radius 2 is 1.17 bits per heavy atom. The summed E-state index contributed by atoms with van der Waals surface area (Å²) < 4.78 is 11.1. The molecular weight excluding hydrogens is 340 g/mol. The Kier molecular flexibility index (Phi) is 3.92. The number of fused-ring (bicyclic) bond motifs is 1. The van der Waals surface area contributed by atoms with Crippen LogP contribution in [-0.4, -0.2) is 24.2 Å². The standard InChI is InChI=1S/C18H14N2O2S2/c1-21-15-9-12-10-16(22-2)14(18-20-4-6-24-18)8-11(12)7-13(15)17-19-3-5-23-17/h3-10H,1-2H3. The van der Waals surface area contributed by atoms with E-state index in [0.717, 1.165) is 43.4 Å². The van der Waals surface area contributed by atoms with E-state index in [2.05, 4.69) is 22.1 Å². The maximum Gasteiger partial charge on any atom is 0.129 e. The molecule has 0 N–H and O–H groups in total. The van der Waals surface area contributed by atoms with Crippen molar-refractivity contribution in [2.24, 2.45) is 0 Å². The zero-order chi connectivity index (χ0) is 16.5. The molecule has 0 aliphatic heterocycles. The van der Waals surface area contributed by atoms with Gasteiger partial charge in [0.2, 0.25) is 0 Å². The first-order valence-corrected chi connectivity index (χ1v) is 9.05. The van der Waals surface area contributed by atoms with Crippen LogP contribution in [0, 0.1) is 0 Å². The van der Waals surface area contributed by atoms with Crippen molar-refractivity contribution in [3.63, 3.8) is 0 Å². The van der Waals surface area contributed by atoms with Crippen molar-refractivity contribution in [2.45, 2.75) is 0 Å². The Morgan fingerprint density at radius 1 is 0.708 bits per heavy atom. The van der Waals surface area contributed by atoms with Crippen molar-refractivity contribution in [1.82, 2.24) is 9.97 Å². The normalized spacial score (nSPS) is 10.9. The van der Waals surface area contributed by atoms with Gasteiger partial charge in [-0.25, -0.2) is 9.97 Å². The van der Waals surface area contributed by atoms with E-state index in [1.807, 2.05) is 22.9 Å². The van der Waals surface area contributed by atoms with Gasteiger partial charge in [0.05, 0.1) is 25.3 Å². The van der Waals surface area contributed by atoms with Gasteiger partial charge in [-0.05, 0) is 35.0 Å². The molecule has 6 heteroatoms. The predicted molar refractivity (Wildman–Crippen MR) is 99.3 cm³/mol. The molecule has 24 heavy (non-hydrogen) atoms.